The van der Waals surface area contributed by atoms with Crippen LogP contribution in [0, 0.1) is 17.3 Å². The molecule has 0 saturated heterocycles. The number of carbonyl (C=O) groups is 2. The Morgan fingerprint density at radius 2 is 2.17 bits per heavy atom. The Labute approximate surface area is 110 Å². The Kier molecular flexibility index (Phi) is 3.43. The fraction of sp³-hybridized carbons (Fsp3) is 0.538. The van der Waals surface area contributed by atoms with Gasteiger partial charge in [0.25, 0.3) is 0 Å². The summed E-state index contributed by atoms with van der Waals surface area (Å²) in [5.41, 5.74) is 0.781. The van der Waals surface area contributed by atoms with Crippen LogP contribution in [0.4, 0.5) is 0 Å². The summed E-state index contributed by atoms with van der Waals surface area (Å²) in [6, 6.07) is 2.03. The third-order valence-corrected chi connectivity index (χ3v) is 4.40. The number of carboxylic acid groups (broad SMARTS) is 1. The van der Waals surface area contributed by atoms with E-state index in [1.807, 2.05) is 30.7 Å². The smallest absolute Gasteiger partial charge is 0.307 e. The van der Waals surface area contributed by atoms with Gasteiger partial charge < -0.3 is 10.4 Å². The minimum Gasteiger partial charge on any atom is -0.481 e. The normalized spacial score (nSPS) is 24.6. The lowest BCUT2D eigenvalue weighted by Gasteiger charge is -2.05. The van der Waals surface area contributed by atoms with Crippen LogP contribution >= 0.6 is 11.3 Å². The standard InChI is InChI=1S/C13H17NO3S/c1-13(2)9(10(13)12(16)17)11(15)14-5-3-8-4-6-18-7-8/h4,6-7,9-10H,3,5H2,1-2H3,(H,14,15)(H,16,17)/t9-,10+/m1/s1. The SMILES string of the molecule is CC1(C)[C@H](C(=O)O)[C@@H]1C(=O)NCCc1ccsc1. The van der Waals surface area contributed by atoms with Gasteiger partial charge in [0.1, 0.15) is 0 Å². The van der Waals surface area contributed by atoms with Gasteiger partial charge in [0.2, 0.25) is 5.91 Å². The van der Waals surface area contributed by atoms with E-state index in [4.69, 9.17) is 5.11 Å². The van der Waals surface area contributed by atoms with E-state index in [9.17, 15) is 9.59 Å². The number of carbonyl (C=O) groups excluding carboxylic acids is 1. The van der Waals surface area contributed by atoms with Gasteiger partial charge in [0, 0.05) is 6.54 Å². The number of amides is 1. The second-order valence-corrected chi connectivity index (χ2v) is 6.07. The summed E-state index contributed by atoms with van der Waals surface area (Å²) in [6.07, 6.45) is 0.792. The van der Waals surface area contributed by atoms with Gasteiger partial charge in [-0.05, 0) is 34.2 Å². The first-order chi connectivity index (χ1) is 8.44. The quantitative estimate of drug-likeness (QED) is 0.854. The van der Waals surface area contributed by atoms with Crippen molar-refractivity contribution in [1.82, 2.24) is 5.32 Å². The average Bonchev–Trinajstić information content (AvgIpc) is 2.65. The highest BCUT2D eigenvalue weighted by Crippen LogP contribution is 2.58. The van der Waals surface area contributed by atoms with Gasteiger partial charge in [-0.25, -0.2) is 0 Å². The number of hydrogen-bond acceptors (Lipinski definition) is 3. The fourth-order valence-corrected chi connectivity index (χ4v) is 3.17. The molecule has 1 aromatic rings. The Morgan fingerprint density at radius 3 is 2.67 bits per heavy atom. The highest BCUT2D eigenvalue weighted by molar-refractivity contribution is 7.07. The third kappa shape index (κ3) is 2.41. The van der Waals surface area contributed by atoms with E-state index in [1.165, 1.54) is 5.56 Å². The molecule has 1 aliphatic carbocycles. The van der Waals surface area contributed by atoms with Crippen molar-refractivity contribution in [2.45, 2.75) is 20.3 Å². The zero-order valence-corrected chi connectivity index (χ0v) is 11.3. The summed E-state index contributed by atoms with van der Waals surface area (Å²) in [5.74, 6) is -1.95. The number of carboxylic acids is 1. The lowest BCUT2D eigenvalue weighted by Crippen LogP contribution is -2.29. The molecule has 1 saturated carbocycles. The molecule has 1 aliphatic rings. The van der Waals surface area contributed by atoms with E-state index in [0.717, 1.165) is 6.42 Å². The average molecular weight is 267 g/mol. The molecule has 1 aromatic heterocycles. The van der Waals surface area contributed by atoms with Crippen molar-refractivity contribution in [1.29, 1.82) is 0 Å². The molecule has 0 aromatic carbocycles. The van der Waals surface area contributed by atoms with Crippen LogP contribution in [0.2, 0.25) is 0 Å². The molecule has 1 fully saturated rings. The maximum absolute atomic E-state index is 11.9. The first kappa shape index (κ1) is 13.1. The molecule has 18 heavy (non-hydrogen) atoms. The highest BCUT2D eigenvalue weighted by Gasteiger charge is 2.65. The summed E-state index contributed by atoms with van der Waals surface area (Å²) < 4.78 is 0. The van der Waals surface area contributed by atoms with Crippen LogP contribution in [-0.4, -0.2) is 23.5 Å². The Hall–Kier alpha value is -1.36. The number of hydrogen-bond donors (Lipinski definition) is 2. The first-order valence-electron chi connectivity index (χ1n) is 5.96. The maximum atomic E-state index is 11.9. The summed E-state index contributed by atoms with van der Waals surface area (Å²) in [4.78, 5) is 22.9. The van der Waals surface area contributed by atoms with E-state index >= 15 is 0 Å². The summed E-state index contributed by atoms with van der Waals surface area (Å²) in [5, 5.41) is 15.9. The summed E-state index contributed by atoms with van der Waals surface area (Å²) >= 11 is 1.63. The zero-order valence-electron chi connectivity index (χ0n) is 10.5. The van der Waals surface area contributed by atoms with Crippen LogP contribution in [0.1, 0.15) is 19.4 Å². The van der Waals surface area contributed by atoms with Gasteiger partial charge in [-0.1, -0.05) is 13.8 Å². The Balaban J connectivity index is 1.81. The molecule has 5 heteroatoms. The predicted octanol–water partition coefficient (Wildman–Crippen LogP) is 1.76. The zero-order chi connectivity index (χ0) is 13.3. The number of rotatable bonds is 5. The third-order valence-electron chi connectivity index (χ3n) is 3.67. The fourth-order valence-electron chi connectivity index (χ4n) is 2.46. The van der Waals surface area contributed by atoms with Gasteiger partial charge in [0.05, 0.1) is 11.8 Å². The Morgan fingerprint density at radius 1 is 1.44 bits per heavy atom. The van der Waals surface area contributed by atoms with E-state index in [-0.39, 0.29) is 5.91 Å². The van der Waals surface area contributed by atoms with Gasteiger partial charge in [-0.15, -0.1) is 0 Å². The first-order valence-corrected chi connectivity index (χ1v) is 6.90. The Bertz CT molecular complexity index is 453. The molecule has 2 N–H and O–H groups in total. The molecule has 0 spiro atoms. The predicted molar refractivity (Wildman–Crippen MR) is 69.4 cm³/mol. The molecule has 4 nitrogen and oxygen atoms in total. The van der Waals surface area contributed by atoms with Gasteiger partial charge in [0.15, 0.2) is 0 Å². The van der Waals surface area contributed by atoms with Crippen LogP contribution < -0.4 is 5.32 Å². The van der Waals surface area contributed by atoms with Crippen LogP contribution in [-0.2, 0) is 16.0 Å². The van der Waals surface area contributed by atoms with E-state index in [2.05, 4.69) is 5.32 Å². The molecule has 0 radical (unpaired) electrons. The monoisotopic (exact) mass is 267 g/mol. The van der Waals surface area contributed by atoms with Gasteiger partial charge >= 0.3 is 5.97 Å². The van der Waals surface area contributed by atoms with Crippen molar-refractivity contribution in [3.8, 4) is 0 Å². The second kappa shape index (κ2) is 4.72. The highest BCUT2D eigenvalue weighted by atomic mass is 32.1. The van der Waals surface area contributed by atoms with Crippen LogP contribution in [0.3, 0.4) is 0 Å². The lowest BCUT2D eigenvalue weighted by molar-refractivity contribution is -0.140. The second-order valence-electron chi connectivity index (χ2n) is 5.29. The van der Waals surface area contributed by atoms with E-state index in [0.29, 0.717) is 6.54 Å². The molecule has 98 valence electrons. The minimum absolute atomic E-state index is 0.136. The molecule has 1 heterocycles. The maximum Gasteiger partial charge on any atom is 0.307 e. The summed E-state index contributed by atoms with van der Waals surface area (Å²) in [6.45, 7) is 4.22. The van der Waals surface area contributed by atoms with Crippen LogP contribution in [0.15, 0.2) is 16.8 Å². The topological polar surface area (TPSA) is 66.4 Å². The van der Waals surface area contributed by atoms with Crippen LogP contribution in [0.25, 0.3) is 0 Å². The molecule has 0 bridgehead atoms. The number of nitrogens with one attached hydrogen (secondary N) is 1. The molecule has 2 atom stereocenters. The molecule has 2 rings (SSSR count). The molecular formula is C13H17NO3S. The lowest BCUT2D eigenvalue weighted by atomic mass is 10.1. The number of aliphatic carboxylic acids is 1. The molecule has 1 amide bonds. The summed E-state index contributed by atoms with van der Waals surface area (Å²) in [7, 11) is 0. The number of thiophene rings is 1. The van der Waals surface area contributed by atoms with E-state index in [1.54, 1.807) is 11.3 Å². The van der Waals surface area contributed by atoms with Crippen molar-refractivity contribution < 1.29 is 14.7 Å². The largest absolute Gasteiger partial charge is 0.481 e. The molecule has 0 aliphatic heterocycles. The van der Waals surface area contributed by atoms with E-state index < -0.39 is 23.2 Å². The van der Waals surface area contributed by atoms with Crippen LogP contribution in [0.5, 0.6) is 0 Å². The van der Waals surface area contributed by atoms with Gasteiger partial charge in [-0.2, -0.15) is 11.3 Å². The minimum atomic E-state index is -0.877. The van der Waals surface area contributed by atoms with Crippen molar-refractivity contribution in [3.63, 3.8) is 0 Å². The van der Waals surface area contributed by atoms with Crippen molar-refractivity contribution >= 4 is 23.2 Å². The molecule has 0 unspecified atom stereocenters. The van der Waals surface area contributed by atoms with Crippen molar-refractivity contribution in [3.05, 3.63) is 22.4 Å². The van der Waals surface area contributed by atoms with Crippen molar-refractivity contribution in [2.75, 3.05) is 6.54 Å². The van der Waals surface area contributed by atoms with Crippen molar-refractivity contribution in [2.24, 2.45) is 17.3 Å². The van der Waals surface area contributed by atoms with Gasteiger partial charge in [-0.3, -0.25) is 9.59 Å². The molecular weight excluding hydrogens is 250 g/mol.